The molecule has 3 nitrogen and oxygen atoms in total. The average Bonchev–Trinajstić information content (AvgIpc) is 2.55. The van der Waals surface area contributed by atoms with E-state index in [1.807, 2.05) is 24.3 Å². The van der Waals surface area contributed by atoms with Gasteiger partial charge in [-0.3, -0.25) is 0 Å². The first-order valence-corrected chi connectivity index (χ1v) is 7.74. The van der Waals surface area contributed by atoms with Gasteiger partial charge in [0.05, 0.1) is 13.2 Å². The minimum atomic E-state index is -0.385. The Morgan fingerprint density at radius 2 is 1.45 bits per heavy atom. The number of hydrogen-bond acceptors (Lipinski definition) is 3. The van der Waals surface area contributed by atoms with E-state index in [0.717, 1.165) is 30.8 Å². The number of aliphatic hydroxyl groups is 1. The van der Waals surface area contributed by atoms with Crippen molar-refractivity contribution in [3.63, 3.8) is 0 Å². The zero-order valence-electron chi connectivity index (χ0n) is 13.3. The molecule has 2 aromatic rings. The van der Waals surface area contributed by atoms with Gasteiger partial charge in [0.15, 0.2) is 0 Å². The molecule has 0 amide bonds. The molecule has 1 unspecified atom stereocenters. The molecule has 0 bridgehead atoms. The Kier molecular flexibility index (Phi) is 6.28. The molecule has 0 radical (unpaired) electrons. The van der Waals surface area contributed by atoms with Gasteiger partial charge >= 0.3 is 0 Å². The van der Waals surface area contributed by atoms with Crippen LogP contribution in [0.15, 0.2) is 48.5 Å². The van der Waals surface area contributed by atoms with Gasteiger partial charge in [-0.1, -0.05) is 37.6 Å². The van der Waals surface area contributed by atoms with Crippen LogP contribution < -0.4 is 9.47 Å². The van der Waals surface area contributed by atoms with E-state index >= 15 is 0 Å². The molecule has 2 aromatic carbocycles. The monoisotopic (exact) mass is 300 g/mol. The third kappa shape index (κ3) is 5.08. The van der Waals surface area contributed by atoms with Gasteiger partial charge in [0.2, 0.25) is 0 Å². The van der Waals surface area contributed by atoms with Crippen LogP contribution >= 0.6 is 0 Å². The first-order valence-electron chi connectivity index (χ1n) is 7.74. The average molecular weight is 300 g/mol. The Balaban J connectivity index is 1.88. The molecule has 0 fully saturated rings. The fourth-order valence-electron chi connectivity index (χ4n) is 2.29. The summed E-state index contributed by atoms with van der Waals surface area (Å²) in [6.07, 6.45) is 2.23. The molecule has 0 aliphatic carbocycles. The van der Waals surface area contributed by atoms with Crippen LogP contribution in [0.1, 0.15) is 30.9 Å². The second kappa shape index (κ2) is 8.44. The van der Waals surface area contributed by atoms with Crippen LogP contribution in [-0.2, 0) is 6.42 Å². The second-order valence-electron chi connectivity index (χ2n) is 5.42. The molecule has 2 rings (SSSR count). The molecule has 0 spiro atoms. The highest BCUT2D eigenvalue weighted by Gasteiger charge is 2.04. The number of aliphatic hydroxyl groups excluding tert-OH is 1. The summed E-state index contributed by atoms with van der Waals surface area (Å²) in [4.78, 5) is 0. The molecule has 118 valence electrons. The summed E-state index contributed by atoms with van der Waals surface area (Å²) >= 11 is 0. The minimum absolute atomic E-state index is 0.353. The van der Waals surface area contributed by atoms with Crippen LogP contribution in [0.5, 0.6) is 11.5 Å². The maximum Gasteiger partial charge on any atom is 0.119 e. The van der Waals surface area contributed by atoms with Crippen LogP contribution in [-0.4, -0.2) is 24.9 Å². The number of hydrogen-bond donors (Lipinski definition) is 1. The van der Waals surface area contributed by atoms with Crippen LogP contribution in [0.4, 0.5) is 0 Å². The highest BCUT2D eigenvalue weighted by Crippen LogP contribution is 2.18. The molecule has 1 atom stereocenters. The van der Waals surface area contributed by atoms with E-state index in [4.69, 9.17) is 9.47 Å². The lowest BCUT2D eigenvalue weighted by Crippen LogP contribution is -2.16. The zero-order valence-corrected chi connectivity index (χ0v) is 13.3. The van der Waals surface area contributed by atoms with Crippen molar-refractivity contribution in [1.82, 2.24) is 0 Å². The van der Waals surface area contributed by atoms with E-state index in [0.29, 0.717) is 6.61 Å². The van der Waals surface area contributed by atoms with E-state index in [1.54, 1.807) is 7.11 Å². The summed E-state index contributed by atoms with van der Waals surface area (Å²) in [7, 11) is 1.67. The summed E-state index contributed by atoms with van der Waals surface area (Å²) in [5, 5.41) is 9.67. The van der Waals surface area contributed by atoms with Crippen molar-refractivity contribution in [1.29, 1.82) is 0 Å². The maximum absolute atomic E-state index is 9.67. The Bertz CT molecular complexity index is 546. The Hall–Kier alpha value is -2.00. The van der Waals surface area contributed by atoms with E-state index in [1.165, 1.54) is 11.1 Å². The number of benzene rings is 2. The topological polar surface area (TPSA) is 38.7 Å². The molecule has 0 saturated carbocycles. The van der Waals surface area contributed by atoms with Crippen LogP contribution in [0.25, 0.3) is 0 Å². The first-order chi connectivity index (χ1) is 10.7. The van der Waals surface area contributed by atoms with Crippen molar-refractivity contribution in [3.05, 3.63) is 59.7 Å². The van der Waals surface area contributed by atoms with E-state index in [-0.39, 0.29) is 6.10 Å². The van der Waals surface area contributed by atoms with Gasteiger partial charge in [0.1, 0.15) is 18.1 Å². The standard InChI is InChI=1S/C19H24O3/c1-3-4-17(20)14-22-19-11-7-16(8-12-19)13-15-5-9-18(21-2)10-6-15/h5-12,17,20H,3-4,13-14H2,1-2H3. The first kappa shape index (κ1) is 16.4. The second-order valence-corrected chi connectivity index (χ2v) is 5.42. The molecule has 0 heterocycles. The Morgan fingerprint density at radius 3 is 1.95 bits per heavy atom. The van der Waals surface area contributed by atoms with Gasteiger partial charge in [-0.2, -0.15) is 0 Å². The van der Waals surface area contributed by atoms with E-state index in [2.05, 4.69) is 31.2 Å². The lowest BCUT2D eigenvalue weighted by molar-refractivity contribution is 0.0993. The van der Waals surface area contributed by atoms with Crippen molar-refractivity contribution in [3.8, 4) is 11.5 Å². The molecule has 3 heteroatoms. The minimum Gasteiger partial charge on any atom is -0.497 e. The molecular weight excluding hydrogens is 276 g/mol. The van der Waals surface area contributed by atoms with Crippen molar-refractivity contribution < 1.29 is 14.6 Å². The van der Waals surface area contributed by atoms with Gasteiger partial charge in [-0.25, -0.2) is 0 Å². The summed E-state index contributed by atoms with van der Waals surface area (Å²) in [6, 6.07) is 16.1. The predicted octanol–water partition coefficient (Wildman–Crippen LogP) is 3.83. The zero-order chi connectivity index (χ0) is 15.8. The number of ether oxygens (including phenoxy) is 2. The Labute approximate surface area is 132 Å². The normalized spacial score (nSPS) is 12.0. The highest BCUT2D eigenvalue weighted by molar-refractivity contribution is 5.34. The quantitative estimate of drug-likeness (QED) is 0.805. The van der Waals surface area contributed by atoms with Gasteiger partial charge in [0.25, 0.3) is 0 Å². The Morgan fingerprint density at radius 1 is 0.909 bits per heavy atom. The summed E-state index contributed by atoms with van der Waals surface area (Å²) in [5.41, 5.74) is 2.47. The summed E-state index contributed by atoms with van der Waals surface area (Å²) in [5.74, 6) is 1.67. The highest BCUT2D eigenvalue weighted by atomic mass is 16.5. The van der Waals surface area contributed by atoms with Crippen molar-refractivity contribution in [2.75, 3.05) is 13.7 Å². The molecule has 22 heavy (non-hydrogen) atoms. The number of rotatable bonds is 8. The third-order valence-corrected chi connectivity index (χ3v) is 3.55. The van der Waals surface area contributed by atoms with Gasteiger partial charge in [-0.15, -0.1) is 0 Å². The summed E-state index contributed by atoms with van der Waals surface area (Å²) < 4.78 is 10.8. The molecule has 0 aliphatic heterocycles. The molecule has 0 aromatic heterocycles. The fourth-order valence-corrected chi connectivity index (χ4v) is 2.29. The lowest BCUT2D eigenvalue weighted by Gasteiger charge is -2.11. The van der Waals surface area contributed by atoms with Crippen molar-refractivity contribution >= 4 is 0 Å². The molecule has 0 saturated heterocycles. The van der Waals surface area contributed by atoms with Crippen LogP contribution in [0.3, 0.4) is 0 Å². The van der Waals surface area contributed by atoms with Gasteiger partial charge < -0.3 is 14.6 Å². The lowest BCUT2D eigenvalue weighted by atomic mass is 10.0. The number of methoxy groups -OCH3 is 1. The third-order valence-electron chi connectivity index (χ3n) is 3.55. The maximum atomic E-state index is 9.67. The molecular formula is C19H24O3. The van der Waals surface area contributed by atoms with Crippen molar-refractivity contribution in [2.24, 2.45) is 0 Å². The SMILES string of the molecule is CCCC(O)COc1ccc(Cc2ccc(OC)cc2)cc1. The van der Waals surface area contributed by atoms with E-state index < -0.39 is 0 Å². The van der Waals surface area contributed by atoms with Gasteiger partial charge in [0, 0.05) is 0 Å². The van der Waals surface area contributed by atoms with Crippen LogP contribution in [0.2, 0.25) is 0 Å². The van der Waals surface area contributed by atoms with Gasteiger partial charge in [-0.05, 0) is 48.2 Å². The van der Waals surface area contributed by atoms with Crippen molar-refractivity contribution in [2.45, 2.75) is 32.3 Å². The molecule has 0 aliphatic rings. The van der Waals surface area contributed by atoms with Crippen LogP contribution in [0, 0.1) is 0 Å². The summed E-state index contributed by atoms with van der Waals surface area (Å²) in [6.45, 7) is 2.41. The molecule has 1 N–H and O–H groups in total. The largest absolute Gasteiger partial charge is 0.497 e. The fraction of sp³-hybridized carbons (Fsp3) is 0.368. The van der Waals surface area contributed by atoms with E-state index in [9.17, 15) is 5.11 Å². The smallest absolute Gasteiger partial charge is 0.119 e. The predicted molar refractivity (Wildman–Crippen MR) is 88.7 cm³/mol.